The van der Waals surface area contributed by atoms with E-state index in [2.05, 4.69) is 36.1 Å². The molecule has 1 aromatic carbocycles. The predicted octanol–water partition coefficient (Wildman–Crippen LogP) is 1.24. The summed E-state index contributed by atoms with van der Waals surface area (Å²) in [5, 5.41) is 15.2. The van der Waals surface area contributed by atoms with Crippen molar-refractivity contribution in [2.75, 3.05) is 5.73 Å². The van der Waals surface area contributed by atoms with E-state index in [0.29, 0.717) is 11.3 Å². The van der Waals surface area contributed by atoms with Gasteiger partial charge in [0.05, 0.1) is 0 Å². The molecule has 0 unspecified atom stereocenters. The third-order valence-electron chi connectivity index (χ3n) is 4.90. The molecule has 4 N–H and O–H groups in total. The molecule has 0 spiro atoms. The van der Waals surface area contributed by atoms with Crippen molar-refractivity contribution in [3.8, 4) is 17.1 Å². The average Bonchev–Trinajstić information content (AvgIpc) is 3.39. The van der Waals surface area contributed by atoms with Gasteiger partial charge in [-0.2, -0.15) is 4.68 Å². The second-order valence-electron chi connectivity index (χ2n) is 6.82. The summed E-state index contributed by atoms with van der Waals surface area (Å²) in [7, 11) is 0. The summed E-state index contributed by atoms with van der Waals surface area (Å²) in [5.74, 6) is -0.772. The minimum atomic E-state index is -0.603. The van der Waals surface area contributed by atoms with Gasteiger partial charge in [0.25, 0.3) is 5.91 Å². The smallest absolute Gasteiger partial charge is 0.292 e. The fourth-order valence-electron chi connectivity index (χ4n) is 3.42. The van der Waals surface area contributed by atoms with E-state index < -0.39 is 5.91 Å². The van der Waals surface area contributed by atoms with Crippen LogP contribution in [-0.2, 0) is 4.79 Å². The van der Waals surface area contributed by atoms with Crippen LogP contribution in [0.3, 0.4) is 0 Å². The lowest BCUT2D eigenvalue weighted by Crippen LogP contribution is -2.45. The van der Waals surface area contributed by atoms with Crippen molar-refractivity contribution in [3.63, 3.8) is 0 Å². The molecule has 11 nitrogen and oxygen atoms in total. The zero-order chi connectivity index (χ0) is 20.2. The molecule has 1 aliphatic carbocycles. The second-order valence-corrected chi connectivity index (χ2v) is 6.82. The lowest BCUT2D eigenvalue weighted by atomic mass is 9.89. The first-order chi connectivity index (χ1) is 14.1. The van der Waals surface area contributed by atoms with Gasteiger partial charge in [-0.3, -0.25) is 20.4 Å². The van der Waals surface area contributed by atoms with Crippen molar-refractivity contribution in [2.24, 2.45) is 5.92 Å². The van der Waals surface area contributed by atoms with Gasteiger partial charge in [0, 0.05) is 11.5 Å². The number of hydrogen-bond donors (Lipinski definition) is 3. The molecule has 11 heteroatoms. The molecule has 2 amide bonds. The van der Waals surface area contributed by atoms with Crippen LogP contribution in [-0.4, -0.2) is 37.1 Å². The maximum absolute atomic E-state index is 12.8. The first-order valence-electron chi connectivity index (χ1n) is 9.35. The number of anilines is 1. The molecular weight excluding hydrogens is 376 g/mol. The standard InChI is InChI=1S/C18H20N8O3/c19-15-16(24-29-23-15)26-14(11-7-3-1-4-8-11)13(20-25-26)18(28)22-21-17(27)12-9-5-2-6-10-12/h1,3-4,7-8,12H,2,5-6,9-10H2,(H2,19,23)(H,21,27)(H,22,28). The van der Waals surface area contributed by atoms with Gasteiger partial charge in [-0.25, -0.2) is 4.63 Å². The Labute approximate surface area is 165 Å². The predicted molar refractivity (Wildman–Crippen MR) is 101 cm³/mol. The van der Waals surface area contributed by atoms with Gasteiger partial charge in [0.15, 0.2) is 5.69 Å². The summed E-state index contributed by atoms with van der Waals surface area (Å²) >= 11 is 0. The fraction of sp³-hybridized carbons (Fsp3) is 0.333. The van der Waals surface area contributed by atoms with Crippen molar-refractivity contribution >= 4 is 17.6 Å². The van der Waals surface area contributed by atoms with E-state index in [4.69, 9.17) is 5.73 Å². The number of hydrogen-bond acceptors (Lipinski definition) is 8. The number of carbonyl (C=O) groups excluding carboxylic acids is 2. The molecule has 29 heavy (non-hydrogen) atoms. The normalized spacial score (nSPS) is 14.5. The zero-order valence-electron chi connectivity index (χ0n) is 15.5. The highest BCUT2D eigenvalue weighted by Gasteiger charge is 2.26. The lowest BCUT2D eigenvalue weighted by Gasteiger charge is -2.20. The third kappa shape index (κ3) is 3.79. The van der Waals surface area contributed by atoms with Crippen molar-refractivity contribution < 1.29 is 14.2 Å². The van der Waals surface area contributed by atoms with Gasteiger partial charge in [-0.05, 0) is 23.2 Å². The molecule has 2 heterocycles. The van der Waals surface area contributed by atoms with Gasteiger partial charge in [-0.1, -0.05) is 54.8 Å². The summed E-state index contributed by atoms with van der Waals surface area (Å²) in [6.07, 6.45) is 4.83. The summed E-state index contributed by atoms with van der Waals surface area (Å²) < 4.78 is 5.91. The number of amides is 2. The monoisotopic (exact) mass is 396 g/mol. The molecule has 0 saturated heterocycles. The van der Waals surface area contributed by atoms with Crippen LogP contribution in [0, 0.1) is 5.92 Å². The molecule has 0 atom stereocenters. The number of nitrogen functional groups attached to an aromatic ring is 1. The van der Waals surface area contributed by atoms with E-state index in [1.807, 2.05) is 18.2 Å². The molecule has 0 radical (unpaired) electrons. The van der Waals surface area contributed by atoms with E-state index in [0.717, 1.165) is 32.1 Å². The first-order valence-corrected chi connectivity index (χ1v) is 9.35. The average molecular weight is 396 g/mol. The Balaban J connectivity index is 1.60. The Bertz CT molecular complexity index is 1010. The van der Waals surface area contributed by atoms with Crippen LogP contribution in [0.1, 0.15) is 42.6 Å². The maximum Gasteiger partial charge on any atom is 0.292 e. The Morgan fingerprint density at radius 2 is 1.83 bits per heavy atom. The van der Waals surface area contributed by atoms with E-state index in [1.54, 1.807) is 12.1 Å². The quantitative estimate of drug-likeness (QED) is 0.557. The number of nitrogens with two attached hydrogens (primary N) is 1. The van der Waals surface area contributed by atoms with Crippen molar-refractivity contribution in [1.82, 2.24) is 36.2 Å². The van der Waals surface area contributed by atoms with Crippen molar-refractivity contribution in [1.29, 1.82) is 0 Å². The molecule has 1 aliphatic rings. The van der Waals surface area contributed by atoms with Crippen molar-refractivity contribution in [3.05, 3.63) is 36.0 Å². The van der Waals surface area contributed by atoms with Gasteiger partial charge in [0.1, 0.15) is 5.69 Å². The highest BCUT2D eigenvalue weighted by molar-refractivity contribution is 5.99. The van der Waals surface area contributed by atoms with E-state index in [1.165, 1.54) is 4.68 Å². The van der Waals surface area contributed by atoms with Gasteiger partial charge in [0.2, 0.25) is 17.5 Å². The van der Waals surface area contributed by atoms with E-state index in [-0.39, 0.29) is 29.2 Å². The van der Waals surface area contributed by atoms with Crippen LogP contribution in [0.15, 0.2) is 35.0 Å². The lowest BCUT2D eigenvalue weighted by molar-refractivity contribution is -0.126. The Hall–Kier alpha value is -3.76. The molecule has 2 aromatic heterocycles. The second kappa shape index (κ2) is 8.09. The largest absolute Gasteiger partial charge is 0.378 e. The minimum Gasteiger partial charge on any atom is -0.378 e. The SMILES string of the molecule is Nc1nonc1-n1nnc(C(=O)NNC(=O)C2CCCCC2)c1-c1ccccc1. The first kappa shape index (κ1) is 18.6. The molecule has 150 valence electrons. The summed E-state index contributed by atoms with van der Waals surface area (Å²) in [4.78, 5) is 25.1. The number of aromatic nitrogens is 5. The molecule has 1 fully saturated rings. The van der Waals surface area contributed by atoms with Gasteiger partial charge < -0.3 is 5.73 Å². The summed E-state index contributed by atoms with van der Waals surface area (Å²) in [6.45, 7) is 0. The van der Waals surface area contributed by atoms with Crippen molar-refractivity contribution in [2.45, 2.75) is 32.1 Å². The summed E-state index contributed by atoms with van der Waals surface area (Å²) in [5.41, 5.74) is 11.7. The number of rotatable bonds is 4. The van der Waals surface area contributed by atoms with Crippen LogP contribution in [0.25, 0.3) is 17.1 Å². The molecule has 4 rings (SSSR count). The number of benzene rings is 1. The molecule has 1 saturated carbocycles. The highest BCUT2D eigenvalue weighted by atomic mass is 16.6. The Morgan fingerprint density at radius 1 is 1.07 bits per heavy atom. The summed E-state index contributed by atoms with van der Waals surface area (Å²) in [6, 6.07) is 9.04. The van der Waals surface area contributed by atoms with E-state index >= 15 is 0 Å². The van der Waals surface area contributed by atoms with Gasteiger partial charge >= 0.3 is 0 Å². The Kier molecular flexibility index (Phi) is 5.18. The van der Waals surface area contributed by atoms with Crippen LogP contribution < -0.4 is 16.6 Å². The van der Waals surface area contributed by atoms with Crippen LogP contribution in [0.4, 0.5) is 5.82 Å². The Morgan fingerprint density at radius 3 is 2.52 bits per heavy atom. The van der Waals surface area contributed by atoms with Gasteiger partial charge in [-0.15, -0.1) is 5.10 Å². The zero-order valence-corrected chi connectivity index (χ0v) is 15.5. The van der Waals surface area contributed by atoms with Crippen LogP contribution in [0.5, 0.6) is 0 Å². The van der Waals surface area contributed by atoms with E-state index in [9.17, 15) is 9.59 Å². The number of nitrogens with one attached hydrogen (secondary N) is 2. The number of carbonyl (C=O) groups is 2. The fourth-order valence-corrected chi connectivity index (χ4v) is 3.42. The molecule has 0 bridgehead atoms. The third-order valence-corrected chi connectivity index (χ3v) is 4.90. The highest BCUT2D eigenvalue weighted by Crippen LogP contribution is 2.26. The number of hydrazine groups is 1. The maximum atomic E-state index is 12.8. The molecule has 3 aromatic rings. The van der Waals surface area contributed by atoms with Crippen LogP contribution >= 0.6 is 0 Å². The molecular formula is C18H20N8O3. The van der Waals surface area contributed by atoms with Crippen LogP contribution in [0.2, 0.25) is 0 Å². The minimum absolute atomic E-state index is 0.00236. The topological polar surface area (TPSA) is 154 Å². The number of nitrogens with zero attached hydrogens (tertiary/aromatic N) is 5. The molecule has 0 aliphatic heterocycles.